The van der Waals surface area contributed by atoms with Crippen molar-refractivity contribution in [2.45, 2.75) is 45.3 Å². The van der Waals surface area contributed by atoms with Gasteiger partial charge in [0.15, 0.2) is 0 Å². The molecule has 1 unspecified atom stereocenters. The highest BCUT2D eigenvalue weighted by atomic mass is 16.5. The molecule has 3 heteroatoms. The highest BCUT2D eigenvalue weighted by molar-refractivity contribution is 4.74. The van der Waals surface area contributed by atoms with E-state index in [4.69, 9.17) is 4.74 Å². The summed E-state index contributed by atoms with van der Waals surface area (Å²) in [7, 11) is 0. The third-order valence-corrected chi connectivity index (χ3v) is 2.23. The smallest absolute Gasteiger partial charge is 0.0897 e. The highest BCUT2D eigenvalue weighted by Gasteiger charge is 2.21. The molecule has 3 nitrogen and oxygen atoms in total. The van der Waals surface area contributed by atoms with Crippen LogP contribution in [0.25, 0.3) is 0 Å². The van der Waals surface area contributed by atoms with Gasteiger partial charge in [0.05, 0.1) is 12.7 Å². The summed E-state index contributed by atoms with van der Waals surface area (Å²) in [5.41, 5.74) is 0.0669. The molecule has 0 bridgehead atoms. The summed E-state index contributed by atoms with van der Waals surface area (Å²) in [5.74, 6) is 0.776. The van der Waals surface area contributed by atoms with Crippen LogP contribution in [-0.2, 0) is 4.74 Å². The van der Waals surface area contributed by atoms with Crippen LogP contribution in [0.1, 0.15) is 33.6 Å². The SMILES string of the molecule is CC(C)(C)NCC(O)COCC1CC1. The van der Waals surface area contributed by atoms with Crippen molar-refractivity contribution >= 4 is 0 Å². The Balaban J connectivity index is 1.94. The lowest BCUT2D eigenvalue weighted by Crippen LogP contribution is -2.42. The van der Waals surface area contributed by atoms with Gasteiger partial charge in [-0.2, -0.15) is 0 Å². The Bertz CT molecular complexity index is 161. The zero-order chi connectivity index (χ0) is 10.6. The Kier molecular flexibility index (Phi) is 4.35. The highest BCUT2D eigenvalue weighted by Crippen LogP contribution is 2.28. The van der Waals surface area contributed by atoms with E-state index in [1.54, 1.807) is 0 Å². The van der Waals surface area contributed by atoms with Gasteiger partial charge in [-0.1, -0.05) is 0 Å². The first-order valence-corrected chi connectivity index (χ1v) is 5.48. The van der Waals surface area contributed by atoms with E-state index in [1.807, 2.05) is 0 Å². The van der Waals surface area contributed by atoms with Crippen molar-refractivity contribution in [2.24, 2.45) is 5.92 Å². The van der Waals surface area contributed by atoms with E-state index < -0.39 is 0 Å². The van der Waals surface area contributed by atoms with Crippen LogP contribution in [0.4, 0.5) is 0 Å². The Morgan fingerprint density at radius 2 is 2.07 bits per heavy atom. The topological polar surface area (TPSA) is 41.5 Å². The molecule has 1 atom stereocenters. The maximum atomic E-state index is 9.56. The van der Waals surface area contributed by atoms with E-state index in [1.165, 1.54) is 12.8 Å². The summed E-state index contributed by atoms with van der Waals surface area (Å²) in [5, 5.41) is 12.8. The van der Waals surface area contributed by atoms with Crippen LogP contribution in [0.5, 0.6) is 0 Å². The van der Waals surface area contributed by atoms with Crippen LogP contribution in [0, 0.1) is 5.92 Å². The third kappa shape index (κ3) is 6.35. The molecule has 2 N–H and O–H groups in total. The third-order valence-electron chi connectivity index (χ3n) is 2.23. The van der Waals surface area contributed by atoms with E-state index in [0.29, 0.717) is 13.2 Å². The van der Waals surface area contributed by atoms with Crippen molar-refractivity contribution in [2.75, 3.05) is 19.8 Å². The molecule has 0 aromatic heterocycles. The number of nitrogens with one attached hydrogen (secondary N) is 1. The minimum absolute atomic E-state index is 0.0669. The standard InChI is InChI=1S/C11H23NO2/c1-11(2,3)12-6-10(13)8-14-7-9-4-5-9/h9-10,12-13H,4-8H2,1-3H3. The van der Waals surface area contributed by atoms with Gasteiger partial charge >= 0.3 is 0 Å². The number of hydrogen-bond donors (Lipinski definition) is 2. The molecule has 0 aliphatic heterocycles. The molecule has 1 aliphatic carbocycles. The van der Waals surface area contributed by atoms with E-state index in [-0.39, 0.29) is 11.6 Å². The fourth-order valence-corrected chi connectivity index (χ4v) is 1.14. The van der Waals surface area contributed by atoms with Gasteiger partial charge in [0.2, 0.25) is 0 Å². The molecule has 0 aromatic carbocycles. The molecule has 1 fully saturated rings. The molecule has 0 spiro atoms. The number of rotatable bonds is 6. The molecule has 0 saturated heterocycles. The van der Waals surface area contributed by atoms with Crippen LogP contribution in [-0.4, -0.2) is 36.5 Å². The van der Waals surface area contributed by atoms with Gasteiger partial charge in [-0.3, -0.25) is 0 Å². The molecule has 84 valence electrons. The Morgan fingerprint density at radius 3 is 2.57 bits per heavy atom. The van der Waals surface area contributed by atoms with Crippen molar-refractivity contribution < 1.29 is 9.84 Å². The van der Waals surface area contributed by atoms with Gasteiger partial charge in [0.1, 0.15) is 0 Å². The monoisotopic (exact) mass is 201 g/mol. The maximum absolute atomic E-state index is 9.56. The Morgan fingerprint density at radius 1 is 1.43 bits per heavy atom. The molecule has 1 saturated carbocycles. The zero-order valence-electron chi connectivity index (χ0n) is 9.55. The van der Waals surface area contributed by atoms with Crippen molar-refractivity contribution in [1.29, 1.82) is 0 Å². The molecule has 0 aromatic rings. The van der Waals surface area contributed by atoms with Gasteiger partial charge in [0.25, 0.3) is 0 Å². The average molecular weight is 201 g/mol. The number of aliphatic hydroxyl groups is 1. The molecule has 0 radical (unpaired) electrons. The van der Waals surface area contributed by atoms with Crippen molar-refractivity contribution in [3.63, 3.8) is 0 Å². The van der Waals surface area contributed by atoms with Crippen LogP contribution >= 0.6 is 0 Å². The second-order valence-electron chi connectivity index (χ2n) is 5.27. The minimum Gasteiger partial charge on any atom is -0.389 e. The van der Waals surface area contributed by atoms with Crippen LogP contribution in [0.3, 0.4) is 0 Å². The molecule has 14 heavy (non-hydrogen) atoms. The molecular weight excluding hydrogens is 178 g/mol. The predicted molar refractivity (Wildman–Crippen MR) is 57.3 cm³/mol. The summed E-state index contributed by atoms with van der Waals surface area (Å²) in [6.45, 7) is 8.15. The van der Waals surface area contributed by atoms with E-state index in [9.17, 15) is 5.11 Å². The lowest BCUT2D eigenvalue weighted by molar-refractivity contribution is 0.0298. The molecule has 1 aliphatic rings. The predicted octanol–water partition coefficient (Wildman–Crippen LogP) is 1.16. The van der Waals surface area contributed by atoms with Crippen LogP contribution < -0.4 is 5.32 Å². The first-order valence-electron chi connectivity index (χ1n) is 5.48. The number of ether oxygens (including phenoxy) is 1. The Hall–Kier alpha value is -0.120. The van der Waals surface area contributed by atoms with Crippen molar-refractivity contribution in [3.8, 4) is 0 Å². The maximum Gasteiger partial charge on any atom is 0.0897 e. The van der Waals surface area contributed by atoms with Crippen molar-refractivity contribution in [1.82, 2.24) is 5.32 Å². The van der Waals surface area contributed by atoms with Gasteiger partial charge in [-0.05, 0) is 39.5 Å². The molecule has 1 rings (SSSR count). The lowest BCUT2D eigenvalue weighted by atomic mass is 10.1. The van der Waals surface area contributed by atoms with E-state index >= 15 is 0 Å². The van der Waals surface area contributed by atoms with Crippen LogP contribution in [0.15, 0.2) is 0 Å². The number of hydrogen-bond acceptors (Lipinski definition) is 3. The molecule has 0 amide bonds. The normalized spacial score (nSPS) is 19.7. The van der Waals surface area contributed by atoms with Gasteiger partial charge < -0.3 is 15.2 Å². The first kappa shape index (κ1) is 12.0. The van der Waals surface area contributed by atoms with Crippen molar-refractivity contribution in [3.05, 3.63) is 0 Å². The Labute approximate surface area is 86.8 Å². The summed E-state index contributed by atoms with van der Waals surface area (Å²) >= 11 is 0. The number of aliphatic hydroxyl groups excluding tert-OH is 1. The van der Waals surface area contributed by atoms with Crippen LogP contribution in [0.2, 0.25) is 0 Å². The summed E-state index contributed by atoms with van der Waals surface area (Å²) in [6.07, 6.45) is 2.22. The zero-order valence-corrected chi connectivity index (χ0v) is 9.55. The van der Waals surface area contributed by atoms with Gasteiger partial charge in [-0.25, -0.2) is 0 Å². The summed E-state index contributed by atoms with van der Waals surface area (Å²) in [6, 6.07) is 0. The van der Waals surface area contributed by atoms with Gasteiger partial charge in [-0.15, -0.1) is 0 Å². The van der Waals surface area contributed by atoms with Gasteiger partial charge in [0, 0.05) is 18.7 Å². The number of β-amino-alcohol motifs (C(OH)–C–C–N with tert-alkyl or cyclic N) is 1. The fraction of sp³-hybridized carbons (Fsp3) is 1.00. The average Bonchev–Trinajstić information content (AvgIpc) is 2.83. The fourth-order valence-electron chi connectivity index (χ4n) is 1.14. The van der Waals surface area contributed by atoms with E-state index in [0.717, 1.165) is 12.5 Å². The molecular formula is C11H23NO2. The lowest BCUT2D eigenvalue weighted by Gasteiger charge is -2.22. The summed E-state index contributed by atoms with van der Waals surface area (Å²) < 4.78 is 5.39. The second kappa shape index (κ2) is 5.10. The summed E-state index contributed by atoms with van der Waals surface area (Å²) in [4.78, 5) is 0. The minimum atomic E-state index is -0.382. The molecule has 0 heterocycles. The largest absolute Gasteiger partial charge is 0.389 e. The quantitative estimate of drug-likeness (QED) is 0.677. The van der Waals surface area contributed by atoms with E-state index in [2.05, 4.69) is 26.1 Å². The second-order valence-corrected chi connectivity index (χ2v) is 5.27. The first-order chi connectivity index (χ1) is 6.47.